The first-order valence-corrected chi connectivity index (χ1v) is 5.84. The first-order chi connectivity index (χ1) is 7.16. The van der Waals surface area contributed by atoms with Gasteiger partial charge in [-0.05, 0) is 26.2 Å². The predicted octanol–water partition coefficient (Wildman–Crippen LogP) is 0.596. The fourth-order valence-corrected chi connectivity index (χ4v) is 2.23. The number of hydrogen-bond acceptors (Lipinski definition) is 4. The second-order valence-corrected chi connectivity index (χ2v) is 4.87. The molecule has 1 N–H and O–H groups in total. The molecule has 1 atom stereocenters. The molecule has 88 valence electrons. The Morgan fingerprint density at radius 1 is 1.47 bits per heavy atom. The van der Waals surface area contributed by atoms with E-state index < -0.39 is 5.60 Å². The summed E-state index contributed by atoms with van der Waals surface area (Å²) < 4.78 is 11.1. The first kappa shape index (κ1) is 11.3. The fourth-order valence-electron chi connectivity index (χ4n) is 2.23. The molecule has 0 aromatic heterocycles. The van der Waals surface area contributed by atoms with Gasteiger partial charge in [-0.15, -0.1) is 0 Å². The largest absolute Gasteiger partial charge is 0.388 e. The van der Waals surface area contributed by atoms with Crippen molar-refractivity contribution in [3.8, 4) is 0 Å². The Balaban J connectivity index is 1.52. The summed E-state index contributed by atoms with van der Waals surface area (Å²) in [6, 6.07) is 0. The van der Waals surface area contributed by atoms with Crippen molar-refractivity contribution in [1.82, 2.24) is 4.90 Å². The van der Waals surface area contributed by atoms with Crippen molar-refractivity contribution >= 4 is 0 Å². The number of likely N-dealkylation sites (tertiary alicyclic amines) is 1. The summed E-state index contributed by atoms with van der Waals surface area (Å²) in [4.78, 5) is 2.20. The van der Waals surface area contributed by atoms with Gasteiger partial charge in [0.2, 0.25) is 0 Å². The normalized spacial score (nSPS) is 31.2. The van der Waals surface area contributed by atoms with Gasteiger partial charge in [0.1, 0.15) is 0 Å². The molecule has 0 radical (unpaired) electrons. The van der Waals surface area contributed by atoms with Crippen molar-refractivity contribution in [3.05, 3.63) is 0 Å². The molecule has 0 aliphatic carbocycles. The van der Waals surface area contributed by atoms with Crippen LogP contribution in [0.3, 0.4) is 0 Å². The lowest BCUT2D eigenvalue weighted by Gasteiger charge is -2.44. The van der Waals surface area contributed by atoms with Gasteiger partial charge in [0.05, 0.1) is 12.2 Å². The molecule has 0 amide bonds. The Morgan fingerprint density at radius 3 is 2.87 bits per heavy atom. The molecule has 2 heterocycles. The van der Waals surface area contributed by atoms with Crippen molar-refractivity contribution in [2.75, 3.05) is 32.8 Å². The highest BCUT2D eigenvalue weighted by molar-refractivity contribution is 4.90. The molecule has 15 heavy (non-hydrogen) atoms. The number of hydrogen-bond donors (Lipinski definition) is 1. The Morgan fingerprint density at radius 2 is 2.27 bits per heavy atom. The van der Waals surface area contributed by atoms with Crippen LogP contribution < -0.4 is 0 Å². The Hall–Kier alpha value is -0.160. The van der Waals surface area contributed by atoms with Crippen molar-refractivity contribution in [1.29, 1.82) is 0 Å². The van der Waals surface area contributed by atoms with Crippen molar-refractivity contribution < 1.29 is 14.6 Å². The van der Waals surface area contributed by atoms with Crippen LogP contribution in [0.25, 0.3) is 0 Å². The van der Waals surface area contributed by atoms with Crippen LogP contribution in [0.4, 0.5) is 0 Å². The summed E-state index contributed by atoms with van der Waals surface area (Å²) in [7, 11) is 0. The minimum Gasteiger partial charge on any atom is -0.388 e. The Kier molecular flexibility index (Phi) is 3.61. The summed E-state index contributed by atoms with van der Waals surface area (Å²) in [6.07, 6.45) is 3.41. The third kappa shape index (κ3) is 3.41. The molecule has 0 aromatic rings. The number of ether oxygens (including phenoxy) is 2. The smallest absolute Gasteiger partial charge is 0.157 e. The van der Waals surface area contributed by atoms with Crippen molar-refractivity contribution in [2.45, 2.75) is 38.1 Å². The number of rotatable bonds is 4. The molecule has 2 aliphatic rings. The van der Waals surface area contributed by atoms with E-state index in [9.17, 15) is 5.11 Å². The molecular formula is C11H21NO3. The maximum Gasteiger partial charge on any atom is 0.157 e. The van der Waals surface area contributed by atoms with Crippen LogP contribution in [-0.4, -0.2) is 54.7 Å². The molecule has 0 saturated carbocycles. The van der Waals surface area contributed by atoms with Gasteiger partial charge in [0, 0.05) is 26.2 Å². The predicted molar refractivity (Wildman–Crippen MR) is 56.6 cm³/mol. The van der Waals surface area contributed by atoms with E-state index in [0.717, 1.165) is 39.1 Å². The molecule has 0 bridgehead atoms. The molecule has 4 nitrogen and oxygen atoms in total. The Bertz CT molecular complexity index is 194. The van der Waals surface area contributed by atoms with E-state index >= 15 is 0 Å². The summed E-state index contributed by atoms with van der Waals surface area (Å²) >= 11 is 0. The number of β-amino-alcohol motifs (C(OH)–C–C–N with tert-alkyl or cyclic N) is 1. The average molecular weight is 215 g/mol. The number of nitrogens with zero attached hydrogens (tertiary/aromatic N) is 1. The highest BCUT2D eigenvalue weighted by Gasteiger charge is 2.35. The standard InChI is InChI=1S/C11H21NO3/c1-11(13)8-12(9-11)5-7-15-10-4-2-3-6-14-10/h10,13H,2-9H2,1H3. The molecule has 2 rings (SSSR count). The van der Waals surface area contributed by atoms with Gasteiger partial charge in [0.25, 0.3) is 0 Å². The maximum atomic E-state index is 9.52. The van der Waals surface area contributed by atoms with Gasteiger partial charge >= 0.3 is 0 Å². The van der Waals surface area contributed by atoms with Crippen LogP contribution in [0.2, 0.25) is 0 Å². The summed E-state index contributed by atoms with van der Waals surface area (Å²) in [6.45, 7) is 5.85. The minimum atomic E-state index is -0.471. The van der Waals surface area contributed by atoms with Crippen LogP contribution >= 0.6 is 0 Å². The minimum absolute atomic E-state index is 0.0144. The molecule has 2 fully saturated rings. The lowest BCUT2D eigenvalue weighted by molar-refractivity contribution is -0.171. The monoisotopic (exact) mass is 215 g/mol. The zero-order chi connectivity index (χ0) is 10.7. The van der Waals surface area contributed by atoms with Crippen molar-refractivity contribution in [3.63, 3.8) is 0 Å². The quantitative estimate of drug-likeness (QED) is 0.745. The third-order valence-electron chi connectivity index (χ3n) is 2.98. The van der Waals surface area contributed by atoms with E-state index in [4.69, 9.17) is 9.47 Å². The first-order valence-electron chi connectivity index (χ1n) is 5.84. The fraction of sp³-hybridized carbons (Fsp3) is 1.00. The topological polar surface area (TPSA) is 41.9 Å². The zero-order valence-electron chi connectivity index (χ0n) is 9.45. The maximum absolute atomic E-state index is 9.52. The second-order valence-electron chi connectivity index (χ2n) is 4.87. The average Bonchev–Trinajstić information content (AvgIpc) is 2.16. The zero-order valence-corrected chi connectivity index (χ0v) is 9.45. The van der Waals surface area contributed by atoms with Crippen molar-refractivity contribution in [2.24, 2.45) is 0 Å². The molecule has 4 heteroatoms. The van der Waals surface area contributed by atoms with Gasteiger partial charge < -0.3 is 14.6 Å². The molecule has 2 aliphatic heterocycles. The molecule has 0 aromatic carbocycles. The summed E-state index contributed by atoms with van der Waals surface area (Å²) in [5.74, 6) is 0. The van der Waals surface area contributed by atoms with Crippen LogP contribution in [0.1, 0.15) is 26.2 Å². The van der Waals surface area contributed by atoms with Gasteiger partial charge in [-0.1, -0.05) is 0 Å². The summed E-state index contributed by atoms with van der Waals surface area (Å²) in [5.41, 5.74) is -0.471. The molecular weight excluding hydrogens is 194 g/mol. The van der Waals surface area contributed by atoms with E-state index in [1.54, 1.807) is 0 Å². The van der Waals surface area contributed by atoms with Crippen LogP contribution in [0.15, 0.2) is 0 Å². The molecule has 2 saturated heterocycles. The SMILES string of the molecule is CC1(O)CN(CCOC2CCCCO2)C1. The van der Waals surface area contributed by atoms with E-state index in [1.165, 1.54) is 6.42 Å². The van der Waals surface area contributed by atoms with Gasteiger partial charge in [-0.25, -0.2) is 0 Å². The van der Waals surface area contributed by atoms with E-state index in [2.05, 4.69) is 4.90 Å². The highest BCUT2D eigenvalue weighted by Crippen LogP contribution is 2.19. The summed E-state index contributed by atoms with van der Waals surface area (Å²) in [5, 5.41) is 9.52. The lowest BCUT2D eigenvalue weighted by Crippen LogP contribution is -2.60. The van der Waals surface area contributed by atoms with Gasteiger partial charge in [0.15, 0.2) is 6.29 Å². The van der Waals surface area contributed by atoms with Crippen LogP contribution in [0, 0.1) is 0 Å². The highest BCUT2D eigenvalue weighted by atomic mass is 16.7. The number of aliphatic hydroxyl groups is 1. The molecule has 1 unspecified atom stereocenters. The lowest BCUT2D eigenvalue weighted by atomic mass is 9.97. The van der Waals surface area contributed by atoms with E-state index in [1.807, 2.05) is 6.92 Å². The molecule has 0 spiro atoms. The van der Waals surface area contributed by atoms with Crippen LogP contribution in [-0.2, 0) is 9.47 Å². The van der Waals surface area contributed by atoms with E-state index in [0.29, 0.717) is 6.61 Å². The Labute approximate surface area is 91.2 Å². The van der Waals surface area contributed by atoms with Gasteiger partial charge in [-0.3, -0.25) is 4.90 Å². The van der Waals surface area contributed by atoms with Crippen LogP contribution in [0.5, 0.6) is 0 Å². The third-order valence-corrected chi connectivity index (χ3v) is 2.98. The second kappa shape index (κ2) is 4.78. The van der Waals surface area contributed by atoms with E-state index in [-0.39, 0.29) is 6.29 Å². The van der Waals surface area contributed by atoms with Gasteiger partial charge in [-0.2, -0.15) is 0 Å².